The van der Waals surface area contributed by atoms with E-state index in [1.54, 1.807) is 0 Å². The Morgan fingerprint density at radius 1 is 1.20 bits per heavy atom. The van der Waals surface area contributed by atoms with E-state index in [2.05, 4.69) is 36.2 Å². The summed E-state index contributed by atoms with van der Waals surface area (Å²) in [5, 5.41) is 10.1. The van der Waals surface area contributed by atoms with E-state index in [4.69, 9.17) is 0 Å². The zero-order chi connectivity index (χ0) is 13.9. The molecule has 1 N–H and O–H groups in total. The van der Waals surface area contributed by atoms with Gasteiger partial charge in [-0.3, -0.25) is 0 Å². The van der Waals surface area contributed by atoms with Gasteiger partial charge in [0.2, 0.25) is 0 Å². The second-order valence-corrected chi connectivity index (χ2v) is 6.70. The Bertz CT molecular complexity index is 445. The molecule has 1 aromatic carbocycles. The van der Waals surface area contributed by atoms with Gasteiger partial charge < -0.3 is 10.0 Å². The molecule has 3 unspecified atom stereocenters. The number of fused-ring (bicyclic) bond motifs is 1. The standard InChI is InChI=1S/C18H27NO/c1-19-11-5-4-7-16(19)10-9-15-13-17(20)12-14-6-2-3-8-18(14)15/h2-3,6,8,15-17,20H,4-5,7,9-13H2,1H3. The van der Waals surface area contributed by atoms with Gasteiger partial charge in [0.05, 0.1) is 6.10 Å². The molecule has 2 nitrogen and oxygen atoms in total. The first-order valence-electron chi connectivity index (χ1n) is 8.20. The molecule has 1 aliphatic heterocycles. The molecule has 0 aromatic heterocycles. The van der Waals surface area contributed by atoms with Crippen molar-refractivity contribution in [1.82, 2.24) is 4.90 Å². The van der Waals surface area contributed by atoms with E-state index < -0.39 is 0 Å². The van der Waals surface area contributed by atoms with Gasteiger partial charge in [-0.25, -0.2) is 0 Å². The second kappa shape index (κ2) is 6.28. The molecule has 3 rings (SSSR count). The molecule has 1 aliphatic carbocycles. The zero-order valence-electron chi connectivity index (χ0n) is 12.6. The number of nitrogens with zero attached hydrogens (tertiary/aromatic N) is 1. The predicted octanol–water partition coefficient (Wildman–Crippen LogP) is 3.34. The molecule has 2 aliphatic rings. The molecule has 110 valence electrons. The van der Waals surface area contributed by atoms with Crippen molar-refractivity contribution >= 4 is 0 Å². The quantitative estimate of drug-likeness (QED) is 0.913. The van der Waals surface area contributed by atoms with Gasteiger partial charge in [-0.05, 0) is 69.2 Å². The van der Waals surface area contributed by atoms with E-state index in [-0.39, 0.29) is 6.10 Å². The highest BCUT2D eigenvalue weighted by atomic mass is 16.3. The number of aliphatic hydroxyl groups excluding tert-OH is 1. The van der Waals surface area contributed by atoms with Crippen molar-refractivity contribution in [1.29, 1.82) is 0 Å². The molecule has 0 amide bonds. The lowest BCUT2D eigenvalue weighted by Gasteiger charge is -2.35. The number of aliphatic hydroxyl groups is 1. The SMILES string of the molecule is CN1CCCCC1CCC1CC(O)Cc2ccccc21. The second-order valence-electron chi connectivity index (χ2n) is 6.70. The first-order chi connectivity index (χ1) is 9.74. The van der Waals surface area contributed by atoms with Crippen molar-refractivity contribution in [3.8, 4) is 0 Å². The van der Waals surface area contributed by atoms with Crippen LogP contribution in [-0.2, 0) is 6.42 Å². The van der Waals surface area contributed by atoms with Crippen LogP contribution >= 0.6 is 0 Å². The summed E-state index contributed by atoms with van der Waals surface area (Å²) in [5.41, 5.74) is 2.87. The van der Waals surface area contributed by atoms with Gasteiger partial charge in [-0.1, -0.05) is 30.7 Å². The Hall–Kier alpha value is -0.860. The van der Waals surface area contributed by atoms with E-state index in [9.17, 15) is 5.11 Å². The minimum atomic E-state index is -0.140. The summed E-state index contributed by atoms with van der Waals surface area (Å²) in [6, 6.07) is 9.47. The minimum Gasteiger partial charge on any atom is -0.393 e. The van der Waals surface area contributed by atoms with E-state index >= 15 is 0 Å². The van der Waals surface area contributed by atoms with Crippen LogP contribution in [0.4, 0.5) is 0 Å². The summed E-state index contributed by atoms with van der Waals surface area (Å²) in [4.78, 5) is 2.54. The lowest BCUT2D eigenvalue weighted by molar-refractivity contribution is 0.135. The fraction of sp³-hybridized carbons (Fsp3) is 0.667. The van der Waals surface area contributed by atoms with Crippen molar-refractivity contribution in [3.63, 3.8) is 0 Å². The smallest absolute Gasteiger partial charge is 0.0586 e. The molecule has 1 fully saturated rings. The minimum absolute atomic E-state index is 0.140. The normalized spacial score (nSPS) is 31.0. The molecule has 0 radical (unpaired) electrons. The van der Waals surface area contributed by atoms with Gasteiger partial charge in [0.25, 0.3) is 0 Å². The molecule has 1 aromatic rings. The first-order valence-corrected chi connectivity index (χ1v) is 8.20. The number of hydrogen-bond donors (Lipinski definition) is 1. The van der Waals surface area contributed by atoms with Crippen LogP contribution < -0.4 is 0 Å². The van der Waals surface area contributed by atoms with Crippen LogP contribution in [-0.4, -0.2) is 35.7 Å². The van der Waals surface area contributed by atoms with Crippen LogP contribution in [0.3, 0.4) is 0 Å². The van der Waals surface area contributed by atoms with Gasteiger partial charge in [0, 0.05) is 6.04 Å². The van der Waals surface area contributed by atoms with Crippen molar-refractivity contribution in [2.45, 2.75) is 63.0 Å². The lowest BCUT2D eigenvalue weighted by atomic mass is 9.78. The highest BCUT2D eigenvalue weighted by Crippen LogP contribution is 2.36. The summed E-state index contributed by atoms with van der Waals surface area (Å²) in [7, 11) is 2.27. The van der Waals surface area contributed by atoms with Gasteiger partial charge in [-0.15, -0.1) is 0 Å². The Morgan fingerprint density at radius 3 is 2.90 bits per heavy atom. The van der Waals surface area contributed by atoms with Gasteiger partial charge >= 0.3 is 0 Å². The molecule has 3 atom stereocenters. The summed E-state index contributed by atoms with van der Waals surface area (Å²) in [6.07, 6.45) is 8.26. The Morgan fingerprint density at radius 2 is 2.05 bits per heavy atom. The summed E-state index contributed by atoms with van der Waals surface area (Å²) >= 11 is 0. The third-order valence-electron chi connectivity index (χ3n) is 5.28. The molecule has 0 spiro atoms. The van der Waals surface area contributed by atoms with Crippen LogP contribution in [0, 0.1) is 0 Å². The van der Waals surface area contributed by atoms with Crippen LogP contribution in [0.2, 0.25) is 0 Å². The molecular formula is C18H27NO. The number of rotatable bonds is 3. The third-order valence-corrected chi connectivity index (χ3v) is 5.28. The first kappa shape index (κ1) is 14.1. The Labute approximate surface area is 122 Å². The Balaban J connectivity index is 1.65. The van der Waals surface area contributed by atoms with Gasteiger partial charge in [-0.2, -0.15) is 0 Å². The van der Waals surface area contributed by atoms with E-state index in [0.29, 0.717) is 5.92 Å². The third kappa shape index (κ3) is 3.07. The molecule has 1 saturated heterocycles. The largest absolute Gasteiger partial charge is 0.393 e. The van der Waals surface area contributed by atoms with Crippen molar-refractivity contribution in [3.05, 3.63) is 35.4 Å². The average molecular weight is 273 g/mol. The highest BCUT2D eigenvalue weighted by molar-refractivity contribution is 5.33. The fourth-order valence-corrected chi connectivity index (χ4v) is 4.09. The predicted molar refractivity (Wildman–Crippen MR) is 83.0 cm³/mol. The average Bonchev–Trinajstić information content (AvgIpc) is 2.46. The monoisotopic (exact) mass is 273 g/mol. The molecule has 2 heteroatoms. The van der Waals surface area contributed by atoms with E-state index in [1.165, 1.54) is 49.8 Å². The maximum atomic E-state index is 10.1. The number of hydrogen-bond acceptors (Lipinski definition) is 2. The number of benzene rings is 1. The van der Waals surface area contributed by atoms with Gasteiger partial charge in [0.1, 0.15) is 0 Å². The van der Waals surface area contributed by atoms with Crippen LogP contribution in [0.25, 0.3) is 0 Å². The van der Waals surface area contributed by atoms with Crippen molar-refractivity contribution in [2.24, 2.45) is 0 Å². The maximum absolute atomic E-state index is 10.1. The molecule has 0 bridgehead atoms. The molecular weight excluding hydrogens is 246 g/mol. The highest BCUT2D eigenvalue weighted by Gasteiger charge is 2.27. The lowest BCUT2D eigenvalue weighted by Crippen LogP contribution is -2.36. The molecule has 1 heterocycles. The maximum Gasteiger partial charge on any atom is 0.0586 e. The summed E-state index contributed by atoms with van der Waals surface area (Å²) in [6.45, 7) is 1.26. The number of piperidine rings is 1. The van der Waals surface area contributed by atoms with Crippen LogP contribution in [0.1, 0.15) is 55.6 Å². The van der Waals surface area contributed by atoms with E-state index in [0.717, 1.165) is 18.9 Å². The zero-order valence-corrected chi connectivity index (χ0v) is 12.6. The van der Waals surface area contributed by atoms with E-state index in [1.807, 2.05) is 0 Å². The van der Waals surface area contributed by atoms with Crippen molar-refractivity contribution in [2.75, 3.05) is 13.6 Å². The number of likely N-dealkylation sites (tertiary alicyclic amines) is 1. The fourth-order valence-electron chi connectivity index (χ4n) is 4.09. The summed E-state index contributed by atoms with van der Waals surface area (Å²) < 4.78 is 0. The topological polar surface area (TPSA) is 23.5 Å². The summed E-state index contributed by atoms with van der Waals surface area (Å²) in [5.74, 6) is 0.560. The van der Waals surface area contributed by atoms with Crippen molar-refractivity contribution < 1.29 is 5.11 Å². The Kier molecular flexibility index (Phi) is 4.42. The van der Waals surface area contributed by atoms with Crippen LogP contribution in [0.15, 0.2) is 24.3 Å². The molecule has 0 saturated carbocycles. The van der Waals surface area contributed by atoms with Crippen LogP contribution in [0.5, 0.6) is 0 Å². The molecule has 20 heavy (non-hydrogen) atoms. The van der Waals surface area contributed by atoms with Gasteiger partial charge in [0.15, 0.2) is 0 Å².